The molecule has 5 heteroatoms. The Morgan fingerprint density at radius 3 is 2.38 bits per heavy atom. The van der Waals surface area contributed by atoms with E-state index in [1.54, 1.807) is 6.26 Å². The Hall–Kier alpha value is -1.33. The van der Waals surface area contributed by atoms with Crippen LogP contribution in [0.2, 0.25) is 0 Å². The summed E-state index contributed by atoms with van der Waals surface area (Å²) in [5, 5.41) is 3.34. The third-order valence-corrected chi connectivity index (χ3v) is 7.33. The van der Waals surface area contributed by atoms with E-state index >= 15 is 0 Å². The highest BCUT2D eigenvalue weighted by Gasteiger charge is 2.54. The molecule has 1 N–H and O–H groups in total. The second kappa shape index (κ2) is 6.68. The number of rotatable bonds is 5. The van der Waals surface area contributed by atoms with Gasteiger partial charge in [-0.2, -0.15) is 0 Å². The topological polar surface area (TPSA) is 54.7 Å². The molecule has 6 rings (SSSR count). The predicted octanol–water partition coefficient (Wildman–Crippen LogP) is 2.99. The van der Waals surface area contributed by atoms with Crippen molar-refractivity contribution in [2.45, 2.75) is 44.6 Å². The second-order valence-electron chi connectivity index (χ2n) is 9.09. The smallest absolute Gasteiger partial charge is 0.226 e. The van der Waals surface area contributed by atoms with Gasteiger partial charge in [0, 0.05) is 25.0 Å². The lowest BCUT2D eigenvalue weighted by Gasteiger charge is -2.55. The van der Waals surface area contributed by atoms with Crippen LogP contribution in [0.3, 0.4) is 0 Å². The van der Waals surface area contributed by atoms with Crippen molar-refractivity contribution >= 4 is 5.91 Å². The number of furan rings is 1. The minimum absolute atomic E-state index is 0.0759. The zero-order valence-electron chi connectivity index (χ0n) is 15.5. The van der Waals surface area contributed by atoms with Gasteiger partial charge >= 0.3 is 0 Å². The fraction of sp³-hybridized carbons (Fsp3) is 0.762. The molecule has 1 atom stereocenters. The molecule has 0 radical (unpaired) electrons. The van der Waals surface area contributed by atoms with Crippen LogP contribution in [0.1, 0.15) is 50.3 Å². The number of nitrogens with one attached hydrogen (secondary N) is 1. The van der Waals surface area contributed by atoms with Gasteiger partial charge in [-0.15, -0.1) is 0 Å². The zero-order valence-corrected chi connectivity index (χ0v) is 15.5. The minimum atomic E-state index is -0.0759. The summed E-state index contributed by atoms with van der Waals surface area (Å²) in [6, 6.07) is 4.06. The van der Waals surface area contributed by atoms with Crippen molar-refractivity contribution in [3.05, 3.63) is 24.2 Å². The van der Waals surface area contributed by atoms with Crippen molar-refractivity contribution in [1.82, 2.24) is 10.2 Å². The van der Waals surface area contributed by atoms with Crippen LogP contribution < -0.4 is 5.32 Å². The average molecular weight is 358 g/mol. The highest BCUT2D eigenvalue weighted by atomic mass is 16.5. The molecule has 1 aromatic heterocycles. The van der Waals surface area contributed by atoms with Crippen molar-refractivity contribution in [3.63, 3.8) is 0 Å². The molecule has 1 aromatic rings. The predicted molar refractivity (Wildman–Crippen MR) is 97.5 cm³/mol. The van der Waals surface area contributed by atoms with Gasteiger partial charge < -0.3 is 14.5 Å². The monoisotopic (exact) mass is 358 g/mol. The third kappa shape index (κ3) is 2.99. The number of hydrogen-bond acceptors (Lipinski definition) is 4. The summed E-state index contributed by atoms with van der Waals surface area (Å²) in [5.74, 6) is 3.64. The van der Waals surface area contributed by atoms with E-state index in [-0.39, 0.29) is 11.5 Å². The number of hydrogen-bond donors (Lipinski definition) is 1. The van der Waals surface area contributed by atoms with Gasteiger partial charge in [0.15, 0.2) is 0 Å². The molecule has 1 saturated heterocycles. The fourth-order valence-electron chi connectivity index (χ4n) is 6.55. The van der Waals surface area contributed by atoms with Gasteiger partial charge in [0.2, 0.25) is 5.91 Å². The van der Waals surface area contributed by atoms with E-state index in [2.05, 4.69) is 10.2 Å². The van der Waals surface area contributed by atoms with Gasteiger partial charge in [0.05, 0.1) is 25.5 Å². The van der Waals surface area contributed by atoms with Crippen LogP contribution >= 0.6 is 0 Å². The summed E-state index contributed by atoms with van der Waals surface area (Å²) >= 11 is 0. The SMILES string of the molecule is O=C(NCC(c1ccco1)N1CCOCC1)C12CC3CC(CC(C3)C1)C2. The molecule has 5 nitrogen and oxygen atoms in total. The lowest BCUT2D eigenvalue weighted by Crippen LogP contribution is -2.54. The molecule has 26 heavy (non-hydrogen) atoms. The van der Waals surface area contributed by atoms with Crippen LogP contribution in [-0.4, -0.2) is 43.7 Å². The lowest BCUT2D eigenvalue weighted by molar-refractivity contribution is -0.146. The molecule has 4 aliphatic carbocycles. The Balaban J connectivity index is 1.28. The molecule has 2 heterocycles. The third-order valence-electron chi connectivity index (χ3n) is 7.33. The van der Waals surface area contributed by atoms with Gasteiger partial charge in [0.25, 0.3) is 0 Å². The van der Waals surface area contributed by atoms with Gasteiger partial charge in [-0.3, -0.25) is 9.69 Å². The minimum Gasteiger partial charge on any atom is -0.468 e. The first kappa shape index (κ1) is 16.8. The van der Waals surface area contributed by atoms with Crippen LogP contribution in [0.15, 0.2) is 22.8 Å². The molecule has 1 unspecified atom stereocenters. The van der Waals surface area contributed by atoms with Crippen LogP contribution in [-0.2, 0) is 9.53 Å². The van der Waals surface area contributed by atoms with E-state index < -0.39 is 0 Å². The first-order valence-electron chi connectivity index (χ1n) is 10.4. The number of nitrogens with zero attached hydrogens (tertiary/aromatic N) is 1. The van der Waals surface area contributed by atoms with E-state index in [0.717, 1.165) is 69.1 Å². The largest absolute Gasteiger partial charge is 0.468 e. The summed E-state index contributed by atoms with van der Waals surface area (Å²) in [7, 11) is 0. The summed E-state index contributed by atoms with van der Waals surface area (Å²) in [4.78, 5) is 15.6. The van der Waals surface area contributed by atoms with Crippen LogP contribution in [0, 0.1) is 23.2 Å². The highest BCUT2D eigenvalue weighted by molar-refractivity contribution is 5.83. The summed E-state index contributed by atoms with van der Waals surface area (Å²) in [6.45, 7) is 3.91. The van der Waals surface area contributed by atoms with Crippen molar-refractivity contribution in [1.29, 1.82) is 0 Å². The average Bonchev–Trinajstić information content (AvgIpc) is 3.16. The van der Waals surface area contributed by atoms with E-state index in [0.29, 0.717) is 12.5 Å². The van der Waals surface area contributed by atoms with Crippen LogP contribution in [0.5, 0.6) is 0 Å². The Bertz CT molecular complexity index is 600. The Kier molecular flexibility index (Phi) is 4.32. The van der Waals surface area contributed by atoms with Gasteiger partial charge in [-0.05, 0) is 68.4 Å². The van der Waals surface area contributed by atoms with Gasteiger partial charge in [-0.25, -0.2) is 0 Å². The molecule has 0 spiro atoms. The second-order valence-corrected chi connectivity index (χ2v) is 9.09. The summed E-state index contributed by atoms with van der Waals surface area (Å²) < 4.78 is 11.2. The molecular weight excluding hydrogens is 328 g/mol. The van der Waals surface area contributed by atoms with Gasteiger partial charge in [0.1, 0.15) is 5.76 Å². The number of amides is 1. The van der Waals surface area contributed by atoms with Crippen molar-refractivity contribution in [2.24, 2.45) is 23.2 Å². The Morgan fingerprint density at radius 1 is 1.15 bits per heavy atom. The molecule has 142 valence electrons. The highest BCUT2D eigenvalue weighted by Crippen LogP contribution is 2.60. The van der Waals surface area contributed by atoms with E-state index in [4.69, 9.17) is 9.15 Å². The normalized spacial score (nSPS) is 37.6. The number of morpholine rings is 1. The first-order valence-corrected chi connectivity index (χ1v) is 10.4. The summed E-state index contributed by atoms with van der Waals surface area (Å²) in [5.41, 5.74) is -0.0759. The van der Waals surface area contributed by atoms with E-state index in [1.165, 1.54) is 19.3 Å². The summed E-state index contributed by atoms with van der Waals surface area (Å²) in [6.07, 6.45) is 9.19. The Labute approximate surface area is 155 Å². The maximum atomic E-state index is 13.3. The van der Waals surface area contributed by atoms with Crippen LogP contribution in [0.4, 0.5) is 0 Å². The number of carbonyl (C=O) groups is 1. The van der Waals surface area contributed by atoms with Crippen LogP contribution in [0.25, 0.3) is 0 Å². The number of carbonyl (C=O) groups excluding carboxylic acids is 1. The van der Waals surface area contributed by atoms with Crippen molar-refractivity contribution < 1.29 is 13.9 Å². The molecule has 5 fully saturated rings. The maximum Gasteiger partial charge on any atom is 0.226 e. The van der Waals surface area contributed by atoms with Crippen molar-refractivity contribution in [3.8, 4) is 0 Å². The maximum absolute atomic E-state index is 13.3. The molecule has 0 aromatic carbocycles. The lowest BCUT2D eigenvalue weighted by atomic mass is 9.49. The molecule has 1 amide bonds. The fourth-order valence-corrected chi connectivity index (χ4v) is 6.55. The van der Waals surface area contributed by atoms with E-state index in [9.17, 15) is 4.79 Å². The zero-order chi connectivity index (χ0) is 17.6. The first-order chi connectivity index (χ1) is 12.7. The Morgan fingerprint density at radius 2 is 1.81 bits per heavy atom. The van der Waals surface area contributed by atoms with Gasteiger partial charge in [-0.1, -0.05) is 0 Å². The van der Waals surface area contributed by atoms with Crippen molar-refractivity contribution in [2.75, 3.05) is 32.8 Å². The molecule has 4 saturated carbocycles. The quantitative estimate of drug-likeness (QED) is 0.879. The molecular formula is C21H30N2O3. The molecule has 1 aliphatic heterocycles. The number of ether oxygens (including phenoxy) is 1. The molecule has 4 bridgehead atoms. The van der Waals surface area contributed by atoms with E-state index in [1.807, 2.05) is 12.1 Å². The molecule has 5 aliphatic rings. The standard InChI is InChI=1S/C21H30N2O3/c24-20(21-11-15-8-16(12-21)10-17(9-15)13-21)22-14-18(19-2-1-5-26-19)23-3-6-25-7-4-23/h1-2,5,15-18H,3-4,6-14H2,(H,22,24).